The molecule has 17 heavy (non-hydrogen) atoms. The zero-order valence-corrected chi connectivity index (χ0v) is 11.0. The van der Waals surface area contributed by atoms with E-state index in [2.05, 4.69) is 15.9 Å². The Morgan fingerprint density at radius 3 is 2.12 bits per heavy atom. The van der Waals surface area contributed by atoms with Crippen LogP contribution in [-0.2, 0) is 0 Å². The standard InChI is InChI=1S/C13H8BrClF2/c14-13(8-1-4-10(16)5-2-8)9-3-6-11(15)12(17)7-9/h1-7,13H. The van der Waals surface area contributed by atoms with Crippen LogP contribution in [0.1, 0.15) is 16.0 Å². The predicted molar refractivity (Wildman–Crippen MR) is 68.6 cm³/mol. The van der Waals surface area contributed by atoms with Crippen molar-refractivity contribution in [3.8, 4) is 0 Å². The van der Waals surface area contributed by atoms with Crippen LogP contribution in [0.3, 0.4) is 0 Å². The van der Waals surface area contributed by atoms with E-state index in [1.165, 1.54) is 24.3 Å². The Bertz CT molecular complexity index is 525. The summed E-state index contributed by atoms with van der Waals surface area (Å²) in [6, 6.07) is 10.7. The summed E-state index contributed by atoms with van der Waals surface area (Å²) in [5, 5.41) is 0.0903. The number of hydrogen-bond donors (Lipinski definition) is 0. The molecule has 0 nitrogen and oxygen atoms in total. The molecular formula is C13H8BrClF2. The molecule has 0 amide bonds. The number of rotatable bonds is 2. The second-order valence-corrected chi connectivity index (χ2v) is 4.91. The number of hydrogen-bond acceptors (Lipinski definition) is 0. The van der Waals surface area contributed by atoms with Gasteiger partial charge in [-0.15, -0.1) is 0 Å². The first-order valence-corrected chi connectivity index (χ1v) is 6.22. The minimum atomic E-state index is -0.462. The van der Waals surface area contributed by atoms with Crippen LogP contribution in [0.4, 0.5) is 8.78 Å². The maximum atomic E-state index is 13.3. The van der Waals surface area contributed by atoms with E-state index in [9.17, 15) is 8.78 Å². The van der Waals surface area contributed by atoms with Gasteiger partial charge in [-0.3, -0.25) is 0 Å². The van der Waals surface area contributed by atoms with Crippen LogP contribution < -0.4 is 0 Å². The number of halogens is 4. The lowest BCUT2D eigenvalue weighted by Gasteiger charge is -2.11. The molecule has 0 aliphatic carbocycles. The molecule has 1 unspecified atom stereocenters. The molecule has 0 N–H and O–H groups in total. The smallest absolute Gasteiger partial charge is 0.142 e. The normalized spacial score (nSPS) is 12.5. The first-order chi connectivity index (χ1) is 8.08. The Morgan fingerprint density at radius 1 is 0.941 bits per heavy atom. The van der Waals surface area contributed by atoms with Crippen molar-refractivity contribution in [2.24, 2.45) is 0 Å². The Kier molecular flexibility index (Phi) is 3.79. The van der Waals surface area contributed by atoms with Crippen molar-refractivity contribution in [2.45, 2.75) is 4.83 Å². The third kappa shape index (κ3) is 2.85. The zero-order valence-electron chi connectivity index (χ0n) is 8.63. The molecule has 2 aromatic rings. The Balaban J connectivity index is 2.33. The molecule has 0 fully saturated rings. The lowest BCUT2D eigenvalue weighted by atomic mass is 10.0. The molecule has 2 aromatic carbocycles. The third-order valence-electron chi connectivity index (χ3n) is 2.40. The minimum absolute atomic E-state index is 0.0903. The van der Waals surface area contributed by atoms with E-state index in [0.717, 1.165) is 11.1 Å². The maximum absolute atomic E-state index is 13.3. The van der Waals surface area contributed by atoms with Gasteiger partial charge in [-0.25, -0.2) is 8.78 Å². The quantitative estimate of drug-likeness (QED) is 0.676. The van der Waals surface area contributed by atoms with Gasteiger partial charge in [-0.1, -0.05) is 45.7 Å². The summed E-state index contributed by atoms with van der Waals surface area (Å²) < 4.78 is 26.1. The van der Waals surface area contributed by atoms with E-state index >= 15 is 0 Å². The minimum Gasteiger partial charge on any atom is -0.207 e. The Morgan fingerprint density at radius 2 is 1.53 bits per heavy atom. The van der Waals surface area contributed by atoms with Gasteiger partial charge in [0.15, 0.2) is 0 Å². The average Bonchev–Trinajstić information content (AvgIpc) is 2.33. The highest BCUT2D eigenvalue weighted by atomic mass is 79.9. The molecule has 1 atom stereocenters. The summed E-state index contributed by atoms with van der Waals surface area (Å²) in [6.45, 7) is 0. The lowest BCUT2D eigenvalue weighted by Crippen LogP contribution is -1.94. The molecule has 2 rings (SSSR count). The highest BCUT2D eigenvalue weighted by Gasteiger charge is 2.12. The van der Waals surface area contributed by atoms with Crippen LogP contribution in [0.15, 0.2) is 42.5 Å². The van der Waals surface area contributed by atoms with E-state index in [1.54, 1.807) is 18.2 Å². The van der Waals surface area contributed by atoms with Gasteiger partial charge in [0.05, 0.1) is 9.85 Å². The van der Waals surface area contributed by atoms with Crippen molar-refractivity contribution >= 4 is 27.5 Å². The molecule has 0 saturated carbocycles. The van der Waals surface area contributed by atoms with Gasteiger partial charge < -0.3 is 0 Å². The molecule has 0 bridgehead atoms. The highest BCUT2D eigenvalue weighted by molar-refractivity contribution is 9.09. The molecule has 0 aromatic heterocycles. The first-order valence-electron chi connectivity index (χ1n) is 4.92. The van der Waals surface area contributed by atoms with Gasteiger partial charge in [0.1, 0.15) is 11.6 Å². The van der Waals surface area contributed by atoms with Crippen LogP contribution in [0.25, 0.3) is 0 Å². The van der Waals surface area contributed by atoms with Crippen molar-refractivity contribution in [3.63, 3.8) is 0 Å². The van der Waals surface area contributed by atoms with Crippen molar-refractivity contribution < 1.29 is 8.78 Å². The zero-order chi connectivity index (χ0) is 12.4. The SMILES string of the molecule is Fc1ccc(C(Br)c2ccc(Cl)c(F)c2)cc1. The van der Waals surface area contributed by atoms with Gasteiger partial charge in [-0.2, -0.15) is 0 Å². The fourth-order valence-electron chi connectivity index (χ4n) is 1.49. The van der Waals surface area contributed by atoms with E-state index < -0.39 is 5.82 Å². The molecule has 0 heterocycles. The Hall–Kier alpha value is -0.930. The highest BCUT2D eigenvalue weighted by Crippen LogP contribution is 2.32. The second-order valence-electron chi connectivity index (χ2n) is 3.59. The average molecular weight is 318 g/mol. The molecule has 0 radical (unpaired) electrons. The summed E-state index contributed by atoms with van der Waals surface area (Å²) in [4.78, 5) is -0.185. The van der Waals surface area contributed by atoms with Gasteiger partial charge in [0.2, 0.25) is 0 Å². The maximum Gasteiger partial charge on any atom is 0.142 e. The van der Waals surface area contributed by atoms with Gasteiger partial charge in [0.25, 0.3) is 0 Å². The van der Waals surface area contributed by atoms with Crippen molar-refractivity contribution in [3.05, 3.63) is 70.2 Å². The van der Waals surface area contributed by atoms with Gasteiger partial charge in [-0.05, 0) is 35.4 Å². The third-order valence-corrected chi connectivity index (χ3v) is 3.76. The fourth-order valence-corrected chi connectivity index (χ4v) is 2.20. The first kappa shape index (κ1) is 12.5. The molecule has 88 valence electrons. The van der Waals surface area contributed by atoms with E-state index in [4.69, 9.17) is 11.6 Å². The van der Waals surface area contributed by atoms with Crippen molar-refractivity contribution in [1.29, 1.82) is 0 Å². The molecule has 4 heteroatoms. The molecule has 0 saturated heterocycles. The van der Waals surface area contributed by atoms with Crippen LogP contribution >= 0.6 is 27.5 Å². The summed E-state index contributed by atoms with van der Waals surface area (Å²) in [7, 11) is 0. The summed E-state index contributed by atoms with van der Waals surface area (Å²) in [5.41, 5.74) is 1.59. The monoisotopic (exact) mass is 316 g/mol. The van der Waals surface area contributed by atoms with Crippen LogP contribution in [0.5, 0.6) is 0 Å². The molecule has 0 spiro atoms. The topological polar surface area (TPSA) is 0 Å². The number of benzene rings is 2. The van der Waals surface area contributed by atoms with Crippen LogP contribution in [-0.4, -0.2) is 0 Å². The molecule has 0 aliphatic rings. The Labute approximate surface area is 111 Å². The van der Waals surface area contributed by atoms with Gasteiger partial charge in [0, 0.05) is 0 Å². The van der Waals surface area contributed by atoms with Crippen molar-refractivity contribution in [2.75, 3.05) is 0 Å². The van der Waals surface area contributed by atoms with Gasteiger partial charge >= 0.3 is 0 Å². The summed E-state index contributed by atoms with van der Waals surface area (Å²) in [6.07, 6.45) is 0. The fraction of sp³-hybridized carbons (Fsp3) is 0.0769. The second kappa shape index (κ2) is 5.15. The van der Waals surface area contributed by atoms with Crippen LogP contribution in [0, 0.1) is 11.6 Å². The summed E-state index contributed by atoms with van der Waals surface area (Å²) in [5.74, 6) is -0.758. The van der Waals surface area contributed by atoms with E-state index in [-0.39, 0.29) is 15.7 Å². The molecular weight excluding hydrogens is 309 g/mol. The predicted octanol–water partition coefficient (Wildman–Crippen LogP) is 5.10. The lowest BCUT2D eigenvalue weighted by molar-refractivity contribution is 0.625. The van der Waals surface area contributed by atoms with Crippen molar-refractivity contribution in [1.82, 2.24) is 0 Å². The van der Waals surface area contributed by atoms with Crippen LogP contribution in [0.2, 0.25) is 5.02 Å². The number of alkyl halides is 1. The van der Waals surface area contributed by atoms with E-state index in [1.807, 2.05) is 0 Å². The van der Waals surface area contributed by atoms with E-state index in [0.29, 0.717) is 0 Å². The molecule has 0 aliphatic heterocycles. The summed E-state index contributed by atoms with van der Waals surface area (Å²) >= 11 is 9.06. The largest absolute Gasteiger partial charge is 0.207 e.